The monoisotopic (exact) mass is 278 g/mol. The van der Waals surface area contributed by atoms with Gasteiger partial charge >= 0.3 is 0 Å². The Hall–Kier alpha value is -1.42. The molecule has 3 unspecified atom stereocenters. The van der Waals surface area contributed by atoms with Crippen LogP contribution in [0.1, 0.15) is 44.7 Å². The zero-order valence-corrected chi connectivity index (χ0v) is 12.2. The summed E-state index contributed by atoms with van der Waals surface area (Å²) >= 11 is 0. The zero-order valence-electron chi connectivity index (χ0n) is 12.2. The Morgan fingerprint density at radius 3 is 2.95 bits per heavy atom. The first-order valence-corrected chi connectivity index (χ1v) is 7.34. The van der Waals surface area contributed by atoms with Gasteiger partial charge in [0.15, 0.2) is 0 Å². The zero-order chi connectivity index (χ0) is 14.7. The summed E-state index contributed by atoms with van der Waals surface area (Å²) in [5.74, 6) is 0.152. The van der Waals surface area contributed by atoms with Crippen LogP contribution < -0.4 is 5.73 Å². The number of halogens is 1. The van der Waals surface area contributed by atoms with Gasteiger partial charge in [-0.3, -0.25) is 4.79 Å². The van der Waals surface area contributed by atoms with Gasteiger partial charge in [0.25, 0.3) is 0 Å². The van der Waals surface area contributed by atoms with E-state index in [-0.39, 0.29) is 17.8 Å². The fraction of sp³-hybridized carbons (Fsp3) is 0.562. The molecule has 3 atom stereocenters. The number of amides is 1. The highest BCUT2D eigenvalue weighted by Crippen LogP contribution is 2.35. The largest absolute Gasteiger partial charge is 0.334 e. The van der Waals surface area contributed by atoms with Crippen LogP contribution in [-0.2, 0) is 4.79 Å². The highest BCUT2D eigenvalue weighted by Gasteiger charge is 2.35. The van der Waals surface area contributed by atoms with Crippen LogP contribution >= 0.6 is 0 Å². The lowest BCUT2D eigenvalue weighted by atomic mass is 10.0. The summed E-state index contributed by atoms with van der Waals surface area (Å²) in [6.07, 6.45) is 2.45. The van der Waals surface area contributed by atoms with E-state index in [1.165, 1.54) is 12.1 Å². The molecular formula is C16H23FN2O. The molecule has 1 fully saturated rings. The summed E-state index contributed by atoms with van der Waals surface area (Å²) in [7, 11) is 0. The average Bonchev–Trinajstić information content (AvgIpc) is 2.80. The molecule has 1 aliphatic rings. The van der Waals surface area contributed by atoms with Crippen molar-refractivity contribution in [1.29, 1.82) is 0 Å². The number of carbonyl (C=O) groups is 1. The molecule has 0 radical (unpaired) electrons. The third-order valence-corrected chi connectivity index (χ3v) is 3.94. The minimum atomic E-state index is -0.443. The van der Waals surface area contributed by atoms with Crippen molar-refractivity contribution < 1.29 is 9.18 Å². The van der Waals surface area contributed by atoms with Crippen LogP contribution in [0.5, 0.6) is 0 Å². The fourth-order valence-electron chi connectivity index (χ4n) is 2.97. The van der Waals surface area contributed by atoms with Gasteiger partial charge in [-0.25, -0.2) is 4.39 Å². The second-order valence-electron chi connectivity index (χ2n) is 5.80. The van der Waals surface area contributed by atoms with E-state index >= 15 is 0 Å². The summed E-state index contributed by atoms with van der Waals surface area (Å²) in [6.45, 7) is 4.84. The molecule has 3 nitrogen and oxygen atoms in total. The topological polar surface area (TPSA) is 46.3 Å². The van der Waals surface area contributed by atoms with Crippen LogP contribution in [0.15, 0.2) is 24.3 Å². The molecule has 0 saturated carbocycles. The van der Waals surface area contributed by atoms with Gasteiger partial charge in [0.1, 0.15) is 5.82 Å². The minimum absolute atomic E-state index is 0.00883. The SMILES string of the molecule is CCCC(N)C(=O)N1CC(C)CC1c1cccc(F)c1. The molecule has 1 saturated heterocycles. The Bertz CT molecular complexity index is 477. The first-order valence-electron chi connectivity index (χ1n) is 7.34. The van der Waals surface area contributed by atoms with Crippen LogP contribution in [-0.4, -0.2) is 23.4 Å². The van der Waals surface area contributed by atoms with Gasteiger partial charge in [-0.2, -0.15) is 0 Å². The van der Waals surface area contributed by atoms with Crippen LogP contribution in [0.4, 0.5) is 4.39 Å². The quantitative estimate of drug-likeness (QED) is 0.920. The normalized spacial score (nSPS) is 23.9. The standard InChI is InChI=1S/C16H23FN2O/c1-3-5-14(18)16(20)19-10-11(2)8-15(19)12-6-4-7-13(17)9-12/h4,6-7,9,11,14-15H,3,5,8,10,18H2,1-2H3. The number of benzene rings is 1. The van der Waals surface area contributed by atoms with Crippen molar-refractivity contribution in [2.24, 2.45) is 11.7 Å². The number of carbonyl (C=O) groups excluding carboxylic acids is 1. The van der Waals surface area contributed by atoms with Crippen molar-refractivity contribution in [3.8, 4) is 0 Å². The van der Waals surface area contributed by atoms with Crippen LogP contribution in [0.25, 0.3) is 0 Å². The number of rotatable bonds is 4. The molecule has 0 aliphatic carbocycles. The highest BCUT2D eigenvalue weighted by atomic mass is 19.1. The van der Waals surface area contributed by atoms with E-state index in [2.05, 4.69) is 6.92 Å². The fourth-order valence-corrected chi connectivity index (χ4v) is 2.97. The Balaban J connectivity index is 2.20. The lowest BCUT2D eigenvalue weighted by molar-refractivity contribution is -0.133. The minimum Gasteiger partial charge on any atom is -0.334 e. The number of nitrogens with zero attached hydrogens (tertiary/aromatic N) is 1. The number of hydrogen-bond acceptors (Lipinski definition) is 2. The summed E-state index contributed by atoms with van der Waals surface area (Å²) < 4.78 is 13.4. The van der Waals surface area contributed by atoms with Gasteiger partial charge in [-0.15, -0.1) is 0 Å². The van der Waals surface area contributed by atoms with Gasteiger partial charge in [0.05, 0.1) is 12.1 Å². The molecule has 1 aromatic rings. The second-order valence-corrected chi connectivity index (χ2v) is 5.80. The van der Waals surface area contributed by atoms with Gasteiger partial charge in [0, 0.05) is 6.54 Å². The maximum absolute atomic E-state index is 13.4. The molecule has 4 heteroatoms. The third kappa shape index (κ3) is 3.18. The third-order valence-electron chi connectivity index (χ3n) is 3.94. The summed E-state index contributed by atoms with van der Waals surface area (Å²) in [5, 5.41) is 0. The van der Waals surface area contributed by atoms with E-state index in [1.807, 2.05) is 17.9 Å². The Morgan fingerprint density at radius 2 is 2.30 bits per heavy atom. The van der Waals surface area contributed by atoms with E-state index in [4.69, 9.17) is 5.73 Å². The molecular weight excluding hydrogens is 255 g/mol. The van der Waals surface area contributed by atoms with Crippen LogP contribution in [0.2, 0.25) is 0 Å². The van der Waals surface area contributed by atoms with Crippen molar-refractivity contribution in [3.05, 3.63) is 35.6 Å². The van der Waals surface area contributed by atoms with E-state index in [1.54, 1.807) is 6.07 Å². The summed E-state index contributed by atoms with van der Waals surface area (Å²) in [6, 6.07) is 6.04. The van der Waals surface area contributed by atoms with Crippen molar-refractivity contribution in [2.45, 2.75) is 45.2 Å². The van der Waals surface area contributed by atoms with E-state index in [0.717, 1.165) is 18.4 Å². The molecule has 1 amide bonds. The average molecular weight is 278 g/mol. The molecule has 0 spiro atoms. The Labute approximate surface area is 120 Å². The molecule has 2 N–H and O–H groups in total. The molecule has 110 valence electrons. The van der Waals surface area contributed by atoms with Gasteiger partial charge < -0.3 is 10.6 Å². The van der Waals surface area contributed by atoms with Gasteiger partial charge in [-0.05, 0) is 36.5 Å². The van der Waals surface area contributed by atoms with Crippen molar-refractivity contribution in [2.75, 3.05) is 6.54 Å². The van der Waals surface area contributed by atoms with Gasteiger partial charge in [0.2, 0.25) is 5.91 Å². The van der Waals surface area contributed by atoms with Crippen molar-refractivity contribution in [3.63, 3.8) is 0 Å². The summed E-state index contributed by atoms with van der Waals surface area (Å²) in [4.78, 5) is 14.3. The summed E-state index contributed by atoms with van der Waals surface area (Å²) in [5.41, 5.74) is 6.82. The van der Waals surface area contributed by atoms with Crippen molar-refractivity contribution in [1.82, 2.24) is 4.90 Å². The first kappa shape index (κ1) is 15.0. The lowest BCUT2D eigenvalue weighted by Crippen LogP contribution is -2.43. The molecule has 20 heavy (non-hydrogen) atoms. The Morgan fingerprint density at radius 1 is 1.55 bits per heavy atom. The predicted molar refractivity (Wildman–Crippen MR) is 77.5 cm³/mol. The molecule has 1 aliphatic heterocycles. The van der Waals surface area contributed by atoms with Crippen LogP contribution in [0.3, 0.4) is 0 Å². The number of likely N-dealkylation sites (tertiary alicyclic amines) is 1. The van der Waals surface area contributed by atoms with Crippen molar-refractivity contribution >= 4 is 5.91 Å². The maximum Gasteiger partial charge on any atom is 0.240 e. The smallest absolute Gasteiger partial charge is 0.240 e. The van der Waals surface area contributed by atoms with E-state index < -0.39 is 6.04 Å². The highest BCUT2D eigenvalue weighted by molar-refractivity contribution is 5.82. The molecule has 2 rings (SSSR count). The van der Waals surface area contributed by atoms with Crippen LogP contribution in [0, 0.1) is 11.7 Å². The number of nitrogens with two attached hydrogens (primary N) is 1. The lowest BCUT2D eigenvalue weighted by Gasteiger charge is -2.27. The Kier molecular flexibility index (Phi) is 4.76. The molecule has 0 aromatic heterocycles. The predicted octanol–water partition coefficient (Wildman–Crippen LogP) is 2.86. The molecule has 0 bridgehead atoms. The second kappa shape index (κ2) is 6.35. The molecule has 1 aromatic carbocycles. The first-order chi connectivity index (χ1) is 9.52. The molecule has 1 heterocycles. The van der Waals surface area contributed by atoms with E-state index in [9.17, 15) is 9.18 Å². The number of hydrogen-bond donors (Lipinski definition) is 1. The van der Waals surface area contributed by atoms with Gasteiger partial charge in [-0.1, -0.05) is 32.4 Å². The maximum atomic E-state index is 13.4. The van der Waals surface area contributed by atoms with E-state index in [0.29, 0.717) is 18.9 Å².